The largest absolute Gasteiger partial charge is 0.503 e. The average Bonchev–Trinajstić information content (AvgIpc) is 3.38. The van der Waals surface area contributed by atoms with Gasteiger partial charge in [0, 0.05) is 5.57 Å². The number of carbonyl (C=O) groups is 2. The Bertz CT molecular complexity index is 663. The second-order valence-electron chi connectivity index (χ2n) is 6.62. The average molecular weight is 329 g/mol. The minimum atomic E-state index is -0.996. The molecule has 1 fully saturated rings. The minimum absolute atomic E-state index is 0.234. The molecular weight excluding hydrogens is 306 g/mol. The smallest absolute Gasteiger partial charge is 0.326 e. The van der Waals surface area contributed by atoms with Gasteiger partial charge in [-0.05, 0) is 30.7 Å². The SMILES string of the molecule is CCCCC(C(=O)O)N1C(=O)C(O)=C(c2ccccc2)C1C1CC1. The van der Waals surface area contributed by atoms with Crippen LogP contribution < -0.4 is 0 Å². The van der Waals surface area contributed by atoms with Gasteiger partial charge in [-0.3, -0.25) is 4.79 Å². The van der Waals surface area contributed by atoms with Crippen molar-refractivity contribution in [1.82, 2.24) is 4.90 Å². The van der Waals surface area contributed by atoms with E-state index in [0.717, 1.165) is 31.2 Å². The van der Waals surface area contributed by atoms with Gasteiger partial charge in [-0.1, -0.05) is 50.1 Å². The zero-order chi connectivity index (χ0) is 17.3. The fourth-order valence-corrected chi connectivity index (χ4v) is 3.56. The number of hydrogen-bond donors (Lipinski definition) is 2. The van der Waals surface area contributed by atoms with E-state index in [-0.39, 0.29) is 17.7 Å². The molecule has 3 rings (SSSR count). The van der Waals surface area contributed by atoms with Crippen LogP contribution in [0.25, 0.3) is 5.57 Å². The summed E-state index contributed by atoms with van der Waals surface area (Å²) < 4.78 is 0. The minimum Gasteiger partial charge on any atom is -0.503 e. The quantitative estimate of drug-likeness (QED) is 0.805. The van der Waals surface area contributed by atoms with Crippen LogP contribution in [0.1, 0.15) is 44.6 Å². The van der Waals surface area contributed by atoms with E-state index >= 15 is 0 Å². The maximum atomic E-state index is 12.7. The van der Waals surface area contributed by atoms with Gasteiger partial charge >= 0.3 is 5.97 Å². The Morgan fingerprint density at radius 1 is 1.29 bits per heavy atom. The van der Waals surface area contributed by atoms with Gasteiger partial charge in [-0.2, -0.15) is 0 Å². The van der Waals surface area contributed by atoms with Crippen LogP contribution in [0, 0.1) is 5.92 Å². The standard InChI is InChI=1S/C19H23NO4/c1-2-3-9-14(19(23)24)20-16(13-10-11-13)15(17(21)18(20)22)12-7-5-4-6-8-12/h4-8,13-14,16,21H,2-3,9-11H2,1H3,(H,23,24). The number of nitrogens with zero attached hydrogens (tertiary/aromatic N) is 1. The lowest BCUT2D eigenvalue weighted by atomic mass is 9.94. The molecule has 1 aromatic carbocycles. The number of unbranched alkanes of at least 4 members (excludes halogenated alkanes) is 1. The van der Waals surface area contributed by atoms with E-state index < -0.39 is 17.9 Å². The third kappa shape index (κ3) is 2.90. The number of rotatable bonds is 7. The van der Waals surface area contributed by atoms with Crippen molar-refractivity contribution in [3.63, 3.8) is 0 Å². The molecule has 1 saturated carbocycles. The third-order valence-electron chi connectivity index (χ3n) is 4.89. The van der Waals surface area contributed by atoms with Crippen LogP contribution in [0.5, 0.6) is 0 Å². The molecule has 0 radical (unpaired) electrons. The number of carbonyl (C=O) groups excluding carboxylic acids is 1. The molecule has 0 bridgehead atoms. The molecule has 0 saturated heterocycles. The molecule has 1 heterocycles. The summed E-state index contributed by atoms with van der Waals surface area (Å²) in [6, 6.07) is 8.10. The van der Waals surface area contributed by atoms with Crippen LogP contribution in [0.2, 0.25) is 0 Å². The highest BCUT2D eigenvalue weighted by Gasteiger charge is 2.51. The van der Waals surface area contributed by atoms with Gasteiger partial charge in [0.15, 0.2) is 5.76 Å². The van der Waals surface area contributed by atoms with Crippen LogP contribution >= 0.6 is 0 Å². The summed E-state index contributed by atoms with van der Waals surface area (Å²) in [7, 11) is 0. The Morgan fingerprint density at radius 3 is 2.50 bits per heavy atom. The number of amides is 1. The third-order valence-corrected chi connectivity index (χ3v) is 4.89. The van der Waals surface area contributed by atoms with Crippen LogP contribution in [-0.2, 0) is 9.59 Å². The predicted molar refractivity (Wildman–Crippen MR) is 90.3 cm³/mol. The number of aliphatic hydroxyl groups is 1. The van der Waals surface area contributed by atoms with E-state index in [0.29, 0.717) is 12.0 Å². The summed E-state index contributed by atoms with van der Waals surface area (Å²) in [6.07, 6.45) is 3.93. The number of aliphatic carboxylic acids is 1. The van der Waals surface area contributed by atoms with Crippen LogP contribution in [0.3, 0.4) is 0 Å². The number of carboxylic acids is 1. The summed E-state index contributed by atoms with van der Waals surface area (Å²) in [4.78, 5) is 25.9. The summed E-state index contributed by atoms with van der Waals surface area (Å²) in [5.74, 6) is -1.60. The zero-order valence-corrected chi connectivity index (χ0v) is 13.8. The lowest BCUT2D eigenvalue weighted by Gasteiger charge is -2.32. The molecule has 2 N–H and O–H groups in total. The van der Waals surface area contributed by atoms with Gasteiger partial charge in [-0.25, -0.2) is 4.79 Å². The molecule has 5 nitrogen and oxygen atoms in total. The van der Waals surface area contributed by atoms with E-state index in [1.54, 1.807) is 0 Å². The van der Waals surface area contributed by atoms with Gasteiger partial charge in [-0.15, -0.1) is 0 Å². The summed E-state index contributed by atoms with van der Waals surface area (Å²) >= 11 is 0. The van der Waals surface area contributed by atoms with Gasteiger partial charge in [0.25, 0.3) is 5.91 Å². The van der Waals surface area contributed by atoms with Crippen molar-refractivity contribution in [2.75, 3.05) is 0 Å². The highest BCUT2D eigenvalue weighted by molar-refractivity contribution is 6.06. The Morgan fingerprint density at radius 2 is 1.96 bits per heavy atom. The topological polar surface area (TPSA) is 77.8 Å². The molecule has 0 spiro atoms. The monoisotopic (exact) mass is 329 g/mol. The number of carboxylic acid groups (broad SMARTS) is 1. The number of hydrogen-bond acceptors (Lipinski definition) is 3. The summed E-state index contributed by atoms with van der Waals surface area (Å²) in [5.41, 5.74) is 1.38. The van der Waals surface area contributed by atoms with Crippen LogP contribution in [-0.4, -0.2) is 39.1 Å². The first-order chi connectivity index (χ1) is 11.6. The molecule has 5 heteroatoms. The van der Waals surface area contributed by atoms with Crippen molar-refractivity contribution in [3.8, 4) is 0 Å². The highest BCUT2D eigenvalue weighted by atomic mass is 16.4. The van der Waals surface area contributed by atoms with Crippen molar-refractivity contribution in [3.05, 3.63) is 41.7 Å². The Balaban J connectivity index is 2.00. The maximum Gasteiger partial charge on any atom is 0.326 e. The molecule has 2 unspecified atom stereocenters. The van der Waals surface area contributed by atoms with Crippen LogP contribution in [0.4, 0.5) is 0 Å². The first kappa shape index (κ1) is 16.6. The predicted octanol–water partition coefficient (Wildman–Crippen LogP) is 3.22. The second-order valence-corrected chi connectivity index (χ2v) is 6.62. The first-order valence-electron chi connectivity index (χ1n) is 8.60. The second kappa shape index (κ2) is 6.67. The fourth-order valence-electron chi connectivity index (χ4n) is 3.56. The van der Waals surface area contributed by atoms with Crippen molar-refractivity contribution >= 4 is 17.4 Å². The highest BCUT2D eigenvalue weighted by Crippen LogP contribution is 2.47. The molecule has 128 valence electrons. The molecule has 2 aliphatic rings. The van der Waals surface area contributed by atoms with Gasteiger partial charge in [0.1, 0.15) is 6.04 Å². The molecule has 0 aromatic heterocycles. The molecule has 1 aliphatic heterocycles. The lowest BCUT2D eigenvalue weighted by Crippen LogP contribution is -2.48. The van der Waals surface area contributed by atoms with E-state index in [9.17, 15) is 19.8 Å². The maximum absolute atomic E-state index is 12.7. The van der Waals surface area contributed by atoms with E-state index in [1.807, 2.05) is 37.3 Å². The van der Waals surface area contributed by atoms with E-state index in [1.165, 1.54) is 4.90 Å². The molecule has 2 atom stereocenters. The number of benzene rings is 1. The first-order valence-corrected chi connectivity index (χ1v) is 8.60. The Labute approximate surface area is 141 Å². The van der Waals surface area contributed by atoms with Crippen molar-refractivity contribution < 1.29 is 19.8 Å². The zero-order valence-electron chi connectivity index (χ0n) is 13.8. The molecule has 1 amide bonds. The van der Waals surface area contributed by atoms with Gasteiger partial charge in [0.2, 0.25) is 0 Å². The Hall–Kier alpha value is -2.30. The van der Waals surface area contributed by atoms with Crippen molar-refractivity contribution in [2.45, 2.75) is 51.1 Å². The van der Waals surface area contributed by atoms with Crippen molar-refractivity contribution in [2.24, 2.45) is 5.92 Å². The normalized spacial score (nSPS) is 22.1. The number of aliphatic hydroxyl groups excluding tert-OH is 1. The molecule has 1 aliphatic carbocycles. The molecule has 24 heavy (non-hydrogen) atoms. The molecule has 1 aromatic rings. The van der Waals surface area contributed by atoms with E-state index in [4.69, 9.17) is 0 Å². The Kier molecular flexibility index (Phi) is 4.60. The van der Waals surface area contributed by atoms with Gasteiger partial charge < -0.3 is 15.1 Å². The van der Waals surface area contributed by atoms with Crippen LogP contribution in [0.15, 0.2) is 36.1 Å². The summed E-state index contributed by atoms with van der Waals surface area (Å²) in [5, 5.41) is 20.1. The summed E-state index contributed by atoms with van der Waals surface area (Å²) in [6.45, 7) is 1.99. The van der Waals surface area contributed by atoms with Crippen molar-refractivity contribution in [1.29, 1.82) is 0 Å². The van der Waals surface area contributed by atoms with Gasteiger partial charge in [0.05, 0.1) is 6.04 Å². The molecular formula is C19H23NO4. The van der Waals surface area contributed by atoms with E-state index in [2.05, 4.69) is 0 Å². The lowest BCUT2D eigenvalue weighted by molar-refractivity contribution is -0.150. The fraction of sp³-hybridized carbons (Fsp3) is 0.474.